The molecule has 0 atom stereocenters. The fourth-order valence-corrected chi connectivity index (χ4v) is 1.13. The van der Waals surface area contributed by atoms with Crippen molar-refractivity contribution in [3.05, 3.63) is 29.8 Å². The highest BCUT2D eigenvalue weighted by Gasteiger charge is 1.91. The molecule has 2 nitrogen and oxygen atoms in total. The van der Waals surface area contributed by atoms with E-state index in [0.29, 0.717) is 6.04 Å². The lowest BCUT2D eigenvalue weighted by Gasteiger charge is -1.99. The molecular weight excluding hydrogens is 184 g/mol. The zero-order chi connectivity index (χ0) is 11.7. The van der Waals surface area contributed by atoms with Crippen LogP contribution in [0.15, 0.2) is 24.3 Å². The van der Waals surface area contributed by atoms with Crippen molar-refractivity contribution in [3.63, 3.8) is 0 Å². The Labute approximate surface area is 93.7 Å². The van der Waals surface area contributed by atoms with Crippen LogP contribution in [-0.4, -0.2) is 6.04 Å². The standard InChI is InChI=1S/C10H15N.C3H9N/c1-2-3-5-9-6-4-7-10(11)8-9;1-3(2)4/h4,6-8H,2-3,5,11H2,1H3;3H,4H2,1-2H3. The van der Waals surface area contributed by atoms with Gasteiger partial charge >= 0.3 is 0 Å². The average Bonchev–Trinajstić information content (AvgIpc) is 2.14. The van der Waals surface area contributed by atoms with Crippen molar-refractivity contribution in [2.24, 2.45) is 5.73 Å². The van der Waals surface area contributed by atoms with Crippen LogP contribution < -0.4 is 11.5 Å². The van der Waals surface area contributed by atoms with E-state index in [1.165, 1.54) is 18.4 Å². The van der Waals surface area contributed by atoms with E-state index in [1.807, 2.05) is 26.0 Å². The second-order valence-corrected chi connectivity index (χ2v) is 4.09. The molecular formula is C13H24N2. The summed E-state index contributed by atoms with van der Waals surface area (Å²) in [6.07, 6.45) is 3.65. The smallest absolute Gasteiger partial charge is 0.0316 e. The molecule has 0 amide bonds. The Balaban J connectivity index is 0.000000423. The molecule has 2 heteroatoms. The molecule has 0 fully saturated rings. The first-order chi connectivity index (χ1) is 7.06. The quantitative estimate of drug-likeness (QED) is 0.750. The van der Waals surface area contributed by atoms with Crippen molar-refractivity contribution in [1.29, 1.82) is 0 Å². The van der Waals surface area contributed by atoms with E-state index in [4.69, 9.17) is 11.5 Å². The van der Waals surface area contributed by atoms with Crippen LogP contribution in [0.2, 0.25) is 0 Å². The van der Waals surface area contributed by atoms with E-state index >= 15 is 0 Å². The molecule has 1 aromatic rings. The van der Waals surface area contributed by atoms with Crippen LogP contribution in [0.25, 0.3) is 0 Å². The van der Waals surface area contributed by atoms with E-state index in [-0.39, 0.29) is 0 Å². The summed E-state index contributed by atoms with van der Waals surface area (Å²) in [4.78, 5) is 0. The molecule has 4 N–H and O–H groups in total. The number of anilines is 1. The highest BCUT2D eigenvalue weighted by atomic mass is 14.6. The Kier molecular flexibility index (Phi) is 7.74. The summed E-state index contributed by atoms with van der Waals surface area (Å²) < 4.78 is 0. The third-order valence-electron chi connectivity index (χ3n) is 1.77. The molecule has 0 saturated carbocycles. The Morgan fingerprint density at radius 2 is 1.87 bits per heavy atom. The van der Waals surface area contributed by atoms with Crippen LogP contribution in [-0.2, 0) is 6.42 Å². The van der Waals surface area contributed by atoms with E-state index < -0.39 is 0 Å². The molecule has 1 aromatic carbocycles. The van der Waals surface area contributed by atoms with E-state index in [2.05, 4.69) is 19.1 Å². The van der Waals surface area contributed by atoms with Gasteiger partial charge in [0.25, 0.3) is 0 Å². The van der Waals surface area contributed by atoms with Gasteiger partial charge in [0.2, 0.25) is 0 Å². The summed E-state index contributed by atoms with van der Waals surface area (Å²) >= 11 is 0. The Morgan fingerprint density at radius 1 is 1.27 bits per heavy atom. The van der Waals surface area contributed by atoms with Crippen LogP contribution in [0, 0.1) is 0 Å². The zero-order valence-electron chi connectivity index (χ0n) is 10.2. The maximum Gasteiger partial charge on any atom is 0.0316 e. The van der Waals surface area contributed by atoms with Crippen molar-refractivity contribution >= 4 is 5.69 Å². The van der Waals surface area contributed by atoms with Crippen LogP contribution in [0.4, 0.5) is 5.69 Å². The predicted octanol–water partition coefficient (Wildman–Crippen LogP) is 2.96. The monoisotopic (exact) mass is 208 g/mol. The minimum atomic E-state index is 0.333. The number of benzene rings is 1. The molecule has 0 unspecified atom stereocenters. The van der Waals surface area contributed by atoms with Crippen LogP contribution in [0.3, 0.4) is 0 Å². The maximum atomic E-state index is 5.63. The topological polar surface area (TPSA) is 52.0 Å². The Hall–Kier alpha value is -1.02. The molecule has 0 aliphatic heterocycles. The molecule has 0 radical (unpaired) electrons. The fourth-order valence-electron chi connectivity index (χ4n) is 1.13. The molecule has 0 aromatic heterocycles. The molecule has 0 saturated heterocycles. The molecule has 0 aliphatic carbocycles. The van der Waals surface area contributed by atoms with Gasteiger partial charge in [-0.3, -0.25) is 0 Å². The van der Waals surface area contributed by atoms with Gasteiger partial charge in [0.1, 0.15) is 0 Å². The largest absolute Gasteiger partial charge is 0.399 e. The molecule has 15 heavy (non-hydrogen) atoms. The van der Waals surface area contributed by atoms with Crippen LogP contribution in [0.1, 0.15) is 39.2 Å². The van der Waals surface area contributed by atoms with Gasteiger partial charge in [-0.25, -0.2) is 0 Å². The molecule has 0 spiro atoms. The number of rotatable bonds is 3. The van der Waals surface area contributed by atoms with Gasteiger partial charge in [-0.15, -0.1) is 0 Å². The van der Waals surface area contributed by atoms with Gasteiger partial charge in [0, 0.05) is 5.69 Å². The number of hydrogen-bond donors (Lipinski definition) is 2. The van der Waals surface area contributed by atoms with Crippen molar-refractivity contribution in [3.8, 4) is 0 Å². The average molecular weight is 208 g/mol. The van der Waals surface area contributed by atoms with Gasteiger partial charge in [-0.2, -0.15) is 0 Å². The van der Waals surface area contributed by atoms with Crippen molar-refractivity contribution in [1.82, 2.24) is 0 Å². The first-order valence-electron chi connectivity index (χ1n) is 5.66. The number of aryl methyl sites for hydroxylation is 1. The Morgan fingerprint density at radius 3 is 2.33 bits per heavy atom. The van der Waals surface area contributed by atoms with Crippen molar-refractivity contribution < 1.29 is 0 Å². The lowest BCUT2D eigenvalue weighted by atomic mass is 10.1. The first kappa shape index (κ1) is 14.0. The first-order valence-corrected chi connectivity index (χ1v) is 5.66. The van der Waals surface area contributed by atoms with E-state index in [1.54, 1.807) is 0 Å². The van der Waals surface area contributed by atoms with Crippen molar-refractivity contribution in [2.45, 2.75) is 46.1 Å². The lowest BCUT2D eigenvalue weighted by molar-refractivity contribution is 0.795. The van der Waals surface area contributed by atoms with Gasteiger partial charge < -0.3 is 11.5 Å². The number of nitrogen functional groups attached to an aromatic ring is 1. The number of hydrogen-bond acceptors (Lipinski definition) is 2. The normalized spacial score (nSPS) is 9.67. The van der Waals surface area contributed by atoms with Crippen LogP contribution in [0.5, 0.6) is 0 Å². The van der Waals surface area contributed by atoms with Gasteiger partial charge in [0.15, 0.2) is 0 Å². The summed E-state index contributed by atoms with van der Waals surface area (Å²) in [5, 5.41) is 0. The summed E-state index contributed by atoms with van der Waals surface area (Å²) in [6, 6.07) is 8.46. The summed E-state index contributed by atoms with van der Waals surface area (Å²) in [7, 11) is 0. The third-order valence-corrected chi connectivity index (χ3v) is 1.77. The van der Waals surface area contributed by atoms with Crippen molar-refractivity contribution in [2.75, 3.05) is 5.73 Å². The summed E-state index contributed by atoms with van der Waals surface area (Å²) in [6.45, 7) is 6.09. The lowest BCUT2D eigenvalue weighted by Crippen LogP contribution is -2.06. The van der Waals surface area contributed by atoms with Gasteiger partial charge in [-0.05, 0) is 36.6 Å². The number of unbranched alkanes of at least 4 members (excludes halogenated alkanes) is 1. The van der Waals surface area contributed by atoms with Gasteiger partial charge in [0.05, 0.1) is 0 Å². The van der Waals surface area contributed by atoms with E-state index in [0.717, 1.165) is 12.1 Å². The third kappa shape index (κ3) is 9.29. The number of nitrogens with two attached hydrogens (primary N) is 2. The van der Waals surface area contributed by atoms with Crippen LogP contribution >= 0.6 is 0 Å². The fraction of sp³-hybridized carbons (Fsp3) is 0.538. The zero-order valence-corrected chi connectivity index (χ0v) is 10.2. The summed E-state index contributed by atoms with van der Waals surface area (Å²) in [5.41, 5.74) is 13.0. The molecule has 0 bridgehead atoms. The SMILES string of the molecule is CC(C)N.CCCCc1cccc(N)c1. The molecule has 0 heterocycles. The maximum absolute atomic E-state index is 5.63. The summed E-state index contributed by atoms with van der Waals surface area (Å²) in [5.74, 6) is 0. The highest BCUT2D eigenvalue weighted by molar-refractivity contribution is 5.40. The minimum absolute atomic E-state index is 0.333. The second kappa shape index (κ2) is 8.30. The Bertz CT molecular complexity index is 254. The predicted molar refractivity (Wildman–Crippen MR) is 68.8 cm³/mol. The van der Waals surface area contributed by atoms with E-state index in [9.17, 15) is 0 Å². The highest BCUT2D eigenvalue weighted by Crippen LogP contribution is 2.09. The molecule has 0 aliphatic rings. The molecule has 86 valence electrons. The second-order valence-electron chi connectivity index (χ2n) is 4.09. The molecule has 1 rings (SSSR count). The van der Waals surface area contributed by atoms with Gasteiger partial charge in [-0.1, -0.05) is 39.3 Å². The minimum Gasteiger partial charge on any atom is -0.399 e.